The number of pyridine rings is 1. The Morgan fingerprint density at radius 2 is 1.39 bits per heavy atom. The molecule has 4 nitrogen and oxygen atoms in total. The van der Waals surface area contributed by atoms with Crippen LogP contribution in [0.5, 0.6) is 0 Å². The first-order chi connectivity index (χ1) is 25.1. The van der Waals surface area contributed by atoms with E-state index in [1.165, 1.54) is 33.2 Å². The van der Waals surface area contributed by atoms with Gasteiger partial charge in [-0.05, 0) is 74.8 Å². The molecule has 0 saturated carbocycles. The molecule has 2 atom stereocenters. The highest BCUT2D eigenvalue weighted by atomic mass is 15.0. The Balaban J connectivity index is 1.18. The molecule has 51 heavy (non-hydrogen) atoms. The average molecular weight is 655 g/mol. The van der Waals surface area contributed by atoms with Gasteiger partial charge in [-0.15, -0.1) is 0 Å². The predicted molar refractivity (Wildman–Crippen MR) is 210 cm³/mol. The van der Waals surface area contributed by atoms with Crippen LogP contribution in [0.15, 0.2) is 146 Å². The fourth-order valence-corrected chi connectivity index (χ4v) is 8.21. The van der Waals surface area contributed by atoms with Gasteiger partial charge in [-0.2, -0.15) is 0 Å². The highest BCUT2D eigenvalue weighted by Crippen LogP contribution is 2.54. The lowest BCUT2D eigenvalue weighted by Crippen LogP contribution is -2.29. The molecule has 0 saturated heterocycles. The number of nitrogens with zero attached hydrogens (tertiary/aromatic N) is 4. The lowest BCUT2D eigenvalue weighted by atomic mass is 9.62. The van der Waals surface area contributed by atoms with Crippen molar-refractivity contribution in [3.63, 3.8) is 0 Å². The van der Waals surface area contributed by atoms with E-state index in [9.17, 15) is 0 Å². The summed E-state index contributed by atoms with van der Waals surface area (Å²) in [6.45, 7) is 2.31. The van der Waals surface area contributed by atoms with Crippen LogP contribution in [0.25, 0.3) is 73.2 Å². The Morgan fingerprint density at radius 3 is 2.29 bits per heavy atom. The van der Waals surface area contributed by atoms with Crippen LogP contribution in [0, 0.1) is 5.41 Å². The predicted octanol–water partition coefficient (Wildman–Crippen LogP) is 11.3. The number of aromatic nitrogens is 4. The van der Waals surface area contributed by atoms with Crippen LogP contribution in [-0.4, -0.2) is 19.9 Å². The smallest absolute Gasteiger partial charge is 0.164 e. The fraction of sp³-hybridized carbons (Fsp3) is 0.106. The Morgan fingerprint density at radius 1 is 0.647 bits per heavy atom. The minimum absolute atomic E-state index is 0.170. The van der Waals surface area contributed by atoms with Crippen molar-refractivity contribution in [3.05, 3.63) is 174 Å². The van der Waals surface area contributed by atoms with Crippen molar-refractivity contribution in [1.82, 2.24) is 19.9 Å². The second-order valence-corrected chi connectivity index (χ2v) is 14.0. The van der Waals surface area contributed by atoms with Crippen LogP contribution in [0.2, 0.25) is 0 Å². The molecule has 0 N–H and O–H groups in total. The zero-order valence-electron chi connectivity index (χ0n) is 28.3. The molecule has 0 radical (unpaired) electrons. The van der Waals surface area contributed by atoms with Gasteiger partial charge >= 0.3 is 0 Å². The maximum atomic E-state index is 5.36. The van der Waals surface area contributed by atoms with Crippen LogP contribution in [0.1, 0.15) is 47.5 Å². The fourth-order valence-electron chi connectivity index (χ4n) is 8.21. The second-order valence-electron chi connectivity index (χ2n) is 14.0. The summed E-state index contributed by atoms with van der Waals surface area (Å²) in [5, 5.41) is 4.68. The normalized spacial score (nSPS) is 18.7. The van der Waals surface area contributed by atoms with Crippen LogP contribution >= 0.6 is 0 Å². The third kappa shape index (κ3) is 4.90. The van der Waals surface area contributed by atoms with Crippen LogP contribution < -0.4 is 0 Å². The van der Waals surface area contributed by atoms with Gasteiger partial charge in [-0.1, -0.05) is 140 Å². The molecule has 0 bridgehead atoms. The van der Waals surface area contributed by atoms with Crippen molar-refractivity contribution in [1.29, 1.82) is 0 Å². The minimum atomic E-state index is -0.331. The van der Waals surface area contributed by atoms with Crippen LogP contribution in [-0.2, 0) is 6.42 Å². The Labute approximate surface area is 297 Å². The van der Waals surface area contributed by atoms with Gasteiger partial charge in [-0.3, -0.25) is 4.98 Å². The van der Waals surface area contributed by atoms with Gasteiger partial charge in [0.05, 0.1) is 0 Å². The maximum Gasteiger partial charge on any atom is 0.164 e. The minimum Gasteiger partial charge on any atom is -0.260 e. The molecule has 7 aromatic rings. The molecule has 0 spiro atoms. The summed E-state index contributed by atoms with van der Waals surface area (Å²) < 4.78 is 0. The first-order valence-electron chi connectivity index (χ1n) is 17.7. The van der Waals surface area contributed by atoms with E-state index in [1.807, 2.05) is 6.20 Å². The zero-order valence-corrected chi connectivity index (χ0v) is 28.3. The molecular formula is C47H34N4. The molecule has 242 valence electrons. The topological polar surface area (TPSA) is 51.6 Å². The van der Waals surface area contributed by atoms with Crippen molar-refractivity contribution >= 4 is 39.3 Å². The van der Waals surface area contributed by atoms with Gasteiger partial charge in [0.1, 0.15) is 0 Å². The number of hydrogen-bond acceptors (Lipinski definition) is 4. The lowest BCUT2D eigenvalue weighted by Gasteiger charge is -2.41. The van der Waals surface area contributed by atoms with E-state index in [2.05, 4.69) is 159 Å². The van der Waals surface area contributed by atoms with Gasteiger partial charge < -0.3 is 0 Å². The summed E-state index contributed by atoms with van der Waals surface area (Å²) in [6.07, 6.45) is 19.7. The van der Waals surface area contributed by atoms with Crippen LogP contribution in [0.3, 0.4) is 0 Å². The number of rotatable bonds is 4. The van der Waals surface area contributed by atoms with E-state index in [0.717, 1.165) is 51.4 Å². The molecule has 0 aliphatic heterocycles. The Bertz CT molecular complexity index is 2660. The molecule has 3 aliphatic carbocycles. The number of benzene rings is 5. The summed E-state index contributed by atoms with van der Waals surface area (Å²) >= 11 is 0. The van der Waals surface area contributed by atoms with Crippen molar-refractivity contribution in [2.45, 2.75) is 25.7 Å². The summed E-state index contributed by atoms with van der Waals surface area (Å²) in [7, 11) is 0. The first kappa shape index (κ1) is 29.6. The van der Waals surface area contributed by atoms with E-state index in [1.54, 1.807) is 0 Å². The number of allylic oxidation sites excluding steroid dienone is 6. The average Bonchev–Trinajstić information content (AvgIpc) is 3.19. The largest absolute Gasteiger partial charge is 0.260 e. The van der Waals surface area contributed by atoms with Gasteiger partial charge in [-0.25, -0.2) is 15.0 Å². The molecule has 2 aromatic heterocycles. The van der Waals surface area contributed by atoms with E-state index in [4.69, 9.17) is 19.9 Å². The van der Waals surface area contributed by atoms with E-state index in [0.29, 0.717) is 17.5 Å². The number of hydrogen-bond donors (Lipinski definition) is 0. The second kappa shape index (κ2) is 11.7. The molecular weight excluding hydrogens is 621 g/mol. The summed E-state index contributed by atoms with van der Waals surface area (Å²) in [4.78, 5) is 20.7. The summed E-state index contributed by atoms with van der Waals surface area (Å²) in [6, 6.07) is 38.9. The molecule has 3 aliphatic rings. The highest BCUT2D eigenvalue weighted by Gasteiger charge is 2.42. The molecule has 0 fully saturated rings. The monoisotopic (exact) mass is 654 g/mol. The summed E-state index contributed by atoms with van der Waals surface area (Å²) in [5.74, 6) is 2.19. The molecule has 2 heterocycles. The van der Waals surface area contributed by atoms with Crippen molar-refractivity contribution in [3.8, 4) is 33.9 Å². The third-order valence-electron chi connectivity index (χ3n) is 10.9. The van der Waals surface area contributed by atoms with Gasteiger partial charge in [0.25, 0.3) is 0 Å². The van der Waals surface area contributed by atoms with E-state index >= 15 is 0 Å². The van der Waals surface area contributed by atoms with Gasteiger partial charge in [0.2, 0.25) is 0 Å². The summed E-state index contributed by atoms with van der Waals surface area (Å²) in [5.41, 5.74) is 9.82. The number of aryl methyl sites for hydroxylation is 1. The number of fused-ring (bicyclic) bond motifs is 7. The molecule has 10 rings (SSSR count). The highest BCUT2D eigenvalue weighted by molar-refractivity contribution is 6.13. The van der Waals surface area contributed by atoms with Gasteiger partial charge in [0, 0.05) is 45.5 Å². The molecule has 2 unspecified atom stereocenters. The van der Waals surface area contributed by atoms with E-state index in [-0.39, 0.29) is 11.3 Å². The van der Waals surface area contributed by atoms with Crippen molar-refractivity contribution in [2.75, 3.05) is 0 Å². The Hall–Kier alpha value is -6.26. The Kier molecular flexibility index (Phi) is 6.78. The maximum absolute atomic E-state index is 5.36. The zero-order chi connectivity index (χ0) is 33.9. The quantitative estimate of drug-likeness (QED) is 0.177. The third-order valence-corrected chi connectivity index (χ3v) is 10.9. The lowest BCUT2D eigenvalue weighted by molar-refractivity contribution is 0.495. The van der Waals surface area contributed by atoms with Crippen molar-refractivity contribution < 1.29 is 0 Å². The van der Waals surface area contributed by atoms with Crippen molar-refractivity contribution in [2.24, 2.45) is 5.41 Å². The standard InChI is InChI=1S/C47H34N4/c1-47-25-11-10-19-41(47)37-16-6-3-13-33(37)28-42(47)46-50-44(31-23-21-30(22-24-31)35-26-34-14-4-9-20-43(34)48-29-35)49-45(51-46)40-27-32-12-2-5-15-36(32)38-17-7-8-18-39(38)40/h2-8,10-19,21-29,41H,9,20H2,1H3. The molecule has 5 aromatic carbocycles. The molecule has 0 amide bonds. The first-order valence-corrected chi connectivity index (χ1v) is 17.7. The van der Waals surface area contributed by atoms with Gasteiger partial charge in [0.15, 0.2) is 17.5 Å². The SMILES string of the molecule is CC12C=CC=CC1c1ccccc1C=C2c1nc(-c2ccc(-c3cnc4c(c3)C=CCC4)cc2)nc(-c2cc3ccccc3c3ccccc23)n1. The molecule has 4 heteroatoms. The van der Waals surface area contributed by atoms with E-state index < -0.39 is 0 Å². The van der Waals surface area contributed by atoms with Crippen LogP contribution in [0.4, 0.5) is 0 Å².